The van der Waals surface area contributed by atoms with Crippen LogP contribution in [0.2, 0.25) is 0 Å². The lowest BCUT2D eigenvalue weighted by Crippen LogP contribution is -1.82. The van der Waals surface area contributed by atoms with E-state index in [-0.39, 0.29) is 0 Å². The van der Waals surface area contributed by atoms with Crippen molar-refractivity contribution in [3.63, 3.8) is 0 Å². The van der Waals surface area contributed by atoms with Crippen LogP contribution in [0.4, 0.5) is 0 Å². The average molecular weight is 224 g/mol. The van der Waals surface area contributed by atoms with Crippen molar-refractivity contribution in [2.75, 3.05) is 5.75 Å². The predicted molar refractivity (Wildman–Crippen MR) is 65.2 cm³/mol. The molecular weight excluding hydrogens is 204 g/mol. The third-order valence-electron chi connectivity index (χ3n) is 2.35. The summed E-state index contributed by atoms with van der Waals surface area (Å²) in [6, 6.07) is 2.17. The minimum absolute atomic E-state index is 0.714. The molecule has 0 aliphatic carbocycles. The number of thiocyanates is 1. The molecule has 0 spiro atoms. The molecule has 0 saturated heterocycles. The number of rotatable bonds is 10. The van der Waals surface area contributed by atoms with Gasteiger partial charge >= 0.3 is 0 Å². The lowest BCUT2D eigenvalue weighted by Gasteiger charge is -2.00. The van der Waals surface area contributed by atoms with Crippen LogP contribution in [0.3, 0.4) is 0 Å². The Balaban J connectivity index is 2.88. The molecule has 3 heteroatoms. The zero-order valence-corrected chi connectivity index (χ0v) is 10.2. The number of hydrogen-bond donors (Lipinski definition) is 0. The number of thioether (sulfide) groups is 1. The SMILES string of the molecule is N#CCCCCCCCCCCSC#N. The molecule has 0 bridgehead atoms. The van der Waals surface area contributed by atoms with Crippen LogP contribution in [0.25, 0.3) is 0 Å². The fourth-order valence-corrected chi connectivity index (χ4v) is 1.92. The highest BCUT2D eigenvalue weighted by atomic mass is 32.2. The molecule has 0 heterocycles. The van der Waals surface area contributed by atoms with E-state index in [1.165, 1.54) is 56.7 Å². The second kappa shape index (κ2) is 13.3. The Morgan fingerprint density at radius 1 is 0.733 bits per heavy atom. The van der Waals surface area contributed by atoms with Gasteiger partial charge in [0.15, 0.2) is 0 Å². The summed E-state index contributed by atoms with van der Waals surface area (Å²) in [5.74, 6) is 0.985. The molecule has 0 aromatic carbocycles. The maximum atomic E-state index is 8.33. The molecule has 0 radical (unpaired) electrons. The lowest BCUT2D eigenvalue weighted by molar-refractivity contribution is 0.580. The fourth-order valence-electron chi connectivity index (χ4n) is 1.48. The largest absolute Gasteiger partial charge is 0.198 e. The Hall–Kier alpha value is -0.670. The van der Waals surface area contributed by atoms with Gasteiger partial charge in [-0.1, -0.05) is 38.5 Å². The van der Waals surface area contributed by atoms with Crippen LogP contribution in [0.1, 0.15) is 57.8 Å². The molecule has 0 unspecified atom stereocenters. The zero-order chi connectivity index (χ0) is 11.2. The molecule has 0 aromatic rings. The molecule has 0 rings (SSSR count). The van der Waals surface area contributed by atoms with Gasteiger partial charge in [-0.2, -0.15) is 10.5 Å². The molecular formula is C12H20N2S. The van der Waals surface area contributed by atoms with Gasteiger partial charge in [-0.15, -0.1) is 0 Å². The third kappa shape index (κ3) is 13.3. The maximum Gasteiger partial charge on any atom is 0.133 e. The van der Waals surface area contributed by atoms with Gasteiger partial charge in [-0.05, 0) is 24.6 Å². The summed E-state index contributed by atoms with van der Waals surface area (Å²) in [7, 11) is 0. The summed E-state index contributed by atoms with van der Waals surface area (Å²) in [6.45, 7) is 0. The molecule has 2 nitrogen and oxygen atoms in total. The van der Waals surface area contributed by atoms with Gasteiger partial charge < -0.3 is 0 Å². The van der Waals surface area contributed by atoms with Gasteiger partial charge in [-0.25, -0.2) is 0 Å². The third-order valence-corrected chi connectivity index (χ3v) is 2.97. The van der Waals surface area contributed by atoms with Crippen molar-refractivity contribution in [3.05, 3.63) is 0 Å². The van der Waals surface area contributed by atoms with Gasteiger partial charge in [0.2, 0.25) is 0 Å². The van der Waals surface area contributed by atoms with Gasteiger partial charge in [0, 0.05) is 12.2 Å². The monoisotopic (exact) mass is 224 g/mol. The highest BCUT2D eigenvalue weighted by Gasteiger charge is 1.92. The fraction of sp³-hybridized carbons (Fsp3) is 0.833. The highest BCUT2D eigenvalue weighted by Crippen LogP contribution is 2.11. The Morgan fingerprint density at radius 3 is 1.80 bits per heavy atom. The van der Waals surface area contributed by atoms with Crippen LogP contribution in [0.15, 0.2) is 0 Å². The summed E-state index contributed by atoms with van der Waals surface area (Å²) < 4.78 is 0. The van der Waals surface area contributed by atoms with E-state index in [0.717, 1.165) is 12.2 Å². The number of nitrogens with zero attached hydrogens (tertiary/aromatic N) is 2. The van der Waals surface area contributed by atoms with Crippen LogP contribution in [0.5, 0.6) is 0 Å². The van der Waals surface area contributed by atoms with E-state index in [1.807, 2.05) is 0 Å². The van der Waals surface area contributed by atoms with Crippen LogP contribution in [-0.4, -0.2) is 5.75 Å². The van der Waals surface area contributed by atoms with E-state index in [9.17, 15) is 0 Å². The van der Waals surface area contributed by atoms with E-state index < -0.39 is 0 Å². The molecule has 0 aromatic heterocycles. The van der Waals surface area contributed by atoms with E-state index >= 15 is 0 Å². The molecule has 0 N–H and O–H groups in total. The average Bonchev–Trinajstić information content (AvgIpc) is 2.26. The molecule has 84 valence electrons. The normalized spacial score (nSPS) is 9.47. The molecule has 0 aliphatic rings. The Kier molecular flexibility index (Phi) is 12.7. The van der Waals surface area contributed by atoms with Crippen molar-refractivity contribution in [1.82, 2.24) is 0 Å². The number of unbranched alkanes of at least 4 members (excludes halogenated alkanes) is 8. The summed E-state index contributed by atoms with van der Waals surface area (Å²) in [5.41, 5.74) is 0. The van der Waals surface area contributed by atoms with Gasteiger partial charge in [0.1, 0.15) is 5.40 Å². The number of hydrogen-bond acceptors (Lipinski definition) is 3. The van der Waals surface area contributed by atoms with E-state index in [1.54, 1.807) is 0 Å². The van der Waals surface area contributed by atoms with Crippen molar-refractivity contribution < 1.29 is 0 Å². The van der Waals surface area contributed by atoms with Gasteiger partial charge in [0.25, 0.3) is 0 Å². The Bertz CT molecular complexity index is 181. The van der Waals surface area contributed by atoms with Crippen molar-refractivity contribution in [3.8, 4) is 11.5 Å². The minimum atomic E-state index is 0.714. The van der Waals surface area contributed by atoms with E-state index in [4.69, 9.17) is 10.5 Å². The minimum Gasteiger partial charge on any atom is -0.198 e. The van der Waals surface area contributed by atoms with Crippen molar-refractivity contribution in [2.45, 2.75) is 57.8 Å². The summed E-state index contributed by atoms with van der Waals surface area (Å²) in [4.78, 5) is 0. The molecule has 0 aliphatic heterocycles. The first-order valence-corrected chi connectivity index (χ1v) is 6.78. The standard InChI is InChI=1S/C12H20N2S/c13-10-8-6-4-2-1-3-5-7-9-11-15-12-14/h1-9,11H2. The summed E-state index contributed by atoms with van der Waals surface area (Å²) in [5, 5.41) is 18.7. The molecule has 15 heavy (non-hydrogen) atoms. The van der Waals surface area contributed by atoms with Crippen molar-refractivity contribution in [1.29, 1.82) is 10.5 Å². The first-order chi connectivity index (χ1) is 7.41. The maximum absolute atomic E-state index is 8.33. The molecule has 0 amide bonds. The second-order valence-electron chi connectivity index (χ2n) is 3.68. The Labute approximate surface area is 97.7 Å². The number of nitriles is 2. The van der Waals surface area contributed by atoms with Crippen LogP contribution in [0, 0.1) is 22.0 Å². The topological polar surface area (TPSA) is 47.6 Å². The Morgan fingerprint density at radius 2 is 1.27 bits per heavy atom. The van der Waals surface area contributed by atoms with E-state index in [0.29, 0.717) is 6.42 Å². The van der Waals surface area contributed by atoms with Gasteiger partial charge in [-0.3, -0.25) is 0 Å². The predicted octanol–water partition coefficient (Wildman–Crippen LogP) is 4.24. The highest BCUT2D eigenvalue weighted by molar-refractivity contribution is 8.03. The smallest absolute Gasteiger partial charge is 0.133 e. The quantitative estimate of drug-likeness (QED) is 0.412. The van der Waals surface area contributed by atoms with Crippen LogP contribution >= 0.6 is 11.8 Å². The molecule has 0 fully saturated rings. The van der Waals surface area contributed by atoms with Crippen molar-refractivity contribution >= 4 is 11.8 Å². The van der Waals surface area contributed by atoms with Crippen molar-refractivity contribution in [2.24, 2.45) is 0 Å². The van der Waals surface area contributed by atoms with Crippen LogP contribution < -0.4 is 0 Å². The van der Waals surface area contributed by atoms with E-state index in [2.05, 4.69) is 11.5 Å². The lowest BCUT2D eigenvalue weighted by atomic mass is 10.1. The first-order valence-electron chi connectivity index (χ1n) is 5.79. The second-order valence-corrected chi connectivity index (χ2v) is 4.56. The summed E-state index contributed by atoms with van der Waals surface area (Å²) in [6.07, 6.45) is 10.6. The first kappa shape index (κ1) is 14.3. The van der Waals surface area contributed by atoms with Crippen LogP contribution in [-0.2, 0) is 0 Å². The molecule has 0 atom stereocenters. The summed E-state index contributed by atoms with van der Waals surface area (Å²) >= 11 is 1.36. The van der Waals surface area contributed by atoms with Gasteiger partial charge in [0.05, 0.1) is 6.07 Å². The zero-order valence-electron chi connectivity index (χ0n) is 9.37. The molecule has 0 saturated carbocycles.